The van der Waals surface area contributed by atoms with Crippen LogP contribution in [0.1, 0.15) is 55.7 Å². The lowest BCUT2D eigenvalue weighted by Gasteiger charge is -2.02. The minimum Gasteiger partial charge on any atom is -0.204 e. The van der Waals surface area contributed by atoms with Gasteiger partial charge in [-0.15, -0.1) is 0 Å². The van der Waals surface area contributed by atoms with Crippen LogP contribution in [-0.4, -0.2) is 12.4 Å². The molecule has 26 heavy (non-hydrogen) atoms. The Morgan fingerprint density at radius 1 is 0.769 bits per heavy atom. The van der Waals surface area contributed by atoms with E-state index in [-0.39, 0.29) is 5.56 Å². The van der Waals surface area contributed by atoms with Gasteiger partial charge in [0, 0.05) is 5.56 Å². The number of halogens is 3. The van der Waals surface area contributed by atoms with Crippen LogP contribution >= 0.6 is 0 Å². The first-order chi connectivity index (χ1) is 12.6. The number of hydrogen-bond donors (Lipinski definition) is 0. The maximum atomic E-state index is 13.1. The summed E-state index contributed by atoms with van der Waals surface area (Å²) in [6.45, 7) is 2.21. The van der Waals surface area contributed by atoms with Gasteiger partial charge in [0.05, 0.1) is 12.4 Å². The Kier molecular flexibility index (Phi) is 8.06. The topological polar surface area (TPSA) is 24.7 Å². The van der Waals surface area contributed by atoms with E-state index >= 15 is 0 Å². The summed E-state index contributed by atoms with van der Waals surface area (Å²) >= 11 is 0. The Labute approximate surface area is 152 Å². The van der Waals surface area contributed by atoms with E-state index in [1.165, 1.54) is 43.9 Å². The molecule has 0 amide bonds. The summed E-state index contributed by atoms with van der Waals surface area (Å²) in [5.74, 6) is -3.99. The Bertz CT molecular complexity index is 729. The second-order valence-corrected chi connectivity index (χ2v) is 6.19. The molecule has 0 N–H and O–H groups in total. The summed E-state index contributed by atoms with van der Waals surface area (Å²) in [5, 5.41) is 7.59. The van der Waals surface area contributed by atoms with E-state index in [1.54, 1.807) is 6.21 Å². The minimum atomic E-state index is -1.49. The fourth-order valence-electron chi connectivity index (χ4n) is 2.55. The van der Waals surface area contributed by atoms with Crippen molar-refractivity contribution >= 4 is 12.4 Å². The number of nitrogens with zero attached hydrogens (tertiary/aromatic N) is 2. The standard InChI is InChI=1S/C21H23F3N2/c1-2-3-4-5-6-7-16-8-10-17(11-9-16)14-25-26-15-18-12-19(22)21(24)20(23)13-18/h8-15H,2-7H2,1H3. The van der Waals surface area contributed by atoms with Crippen LogP contribution in [-0.2, 0) is 6.42 Å². The molecule has 0 aromatic heterocycles. The zero-order valence-electron chi connectivity index (χ0n) is 14.9. The number of benzene rings is 2. The fraction of sp³-hybridized carbons (Fsp3) is 0.333. The summed E-state index contributed by atoms with van der Waals surface area (Å²) in [6.07, 6.45) is 10.1. The van der Waals surface area contributed by atoms with Crippen molar-refractivity contribution in [2.24, 2.45) is 10.2 Å². The number of aryl methyl sites for hydroxylation is 1. The molecule has 0 radical (unpaired) electrons. The van der Waals surface area contributed by atoms with E-state index in [1.807, 2.05) is 12.1 Å². The van der Waals surface area contributed by atoms with E-state index in [4.69, 9.17) is 0 Å². The second-order valence-electron chi connectivity index (χ2n) is 6.19. The Morgan fingerprint density at radius 3 is 1.96 bits per heavy atom. The molecule has 0 fully saturated rings. The molecule has 0 heterocycles. The highest BCUT2D eigenvalue weighted by molar-refractivity contribution is 5.82. The first-order valence-corrected chi connectivity index (χ1v) is 8.90. The lowest BCUT2D eigenvalue weighted by Crippen LogP contribution is -1.93. The fourth-order valence-corrected chi connectivity index (χ4v) is 2.55. The number of unbranched alkanes of at least 4 members (excludes halogenated alkanes) is 4. The zero-order chi connectivity index (χ0) is 18.8. The van der Waals surface area contributed by atoms with Crippen molar-refractivity contribution in [1.82, 2.24) is 0 Å². The molecule has 5 heteroatoms. The van der Waals surface area contributed by atoms with Gasteiger partial charge in [-0.3, -0.25) is 0 Å². The molecule has 0 aliphatic carbocycles. The highest BCUT2D eigenvalue weighted by atomic mass is 19.2. The van der Waals surface area contributed by atoms with Crippen LogP contribution < -0.4 is 0 Å². The Morgan fingerprint density at radius 2 is 1.35 bits per heavy atom. The van der Waals surface area contributed by atoms with Gasteiger partial charge in [-0.05, 0) is 36.1 Å². The molecule has 2 rings (SSSR count). The molecule has 0 unspecified atom stereocenters. The van der Waals surface area contributed by atoms with Crippen molar-refractivity contribution in [3.8, 4) is 0 Å². The molecule has 0 spiro atoms. The highest BCUT2D eigenvalue weighted by Crippen LogP contribution is 2.12. The molecule has 0 bridgehead atoms. The maximum absolute atomic E-state index is 13.1. The Hall–Kier alpha value is -2.43. The van der Waals surface area contributed by atoms with Gasteiger partial charge in [-0.1, -0.05) is 56.9 Å². The molecule has 0 aliphatic rings. The van der Waals surface area contributed by atoms with E-state index in [9.17, 15) is 13.2 Å². The molecule has 0 saturated heterocycles. The van der Waals surface area contributed by atoms with Crippen LogP contribution in [0.2, 0.25) is 0 Å². The van der Waals surface area contributed by atoms with E-state index < -0.39 is 17.5 Å². The quantitative estimate of drug-likeness (QED) is 0.224. The lowest BCUT2D eigenvalue weighted by atomic mass is 10.0. The average molecular weight is 360 g/mol. The third-order valence-electron chi connectivity index (χ3n) is 4.04. The third-order valence-corrected chi connectivity index (χ3v) is 4.04. The third kappa shape index (κ3) is 6.47. The first-order valence-electron chi connectivity index (χ1n) is 8.90. The van der Waals surface area contributed by atoms with Gasteiger partial charge in [0.15, 0.2) is 17.5 Å². The van der Waals surface area contributed by atoms with Gasteiger partial charge < -0.3 is 0 Å². The smallest absolute Gasteiger partial charge is 0.194 e. The molecule has 138 valence electrons. The van der Waals surface area contributed by atoms with Crippen LogP contribution in [0.3, 0.4) is 0 Å². The normalized spacial score (nSPS) is 11.7. The van der Waals surface area contributed by atoms with Crippen LogP contribution in [0.5, 0.6) is 0 Å². The van der Waals surface area contributed by atoms with Crippen LogP contribution in [0.25, 0.3) is 0 Å². The van der Waals surface area contributed by atoms with Gasteiger partial charge in [0.1, 0.15) is 0 Å². The van der Waals surface area contributed by atoms with Gasteiger partial charge in [0.2, 0.25) is 0 Å². The van der Waals surface area contributed by atoms with Gasteiger partial charge in [0.25, 0.3) is 0 Å². The maximum Gasteiger partial charge on any atom is 0.194 e. The van der Waals surface area contributed by atoms with Gasteiger partial charge in [-0.25, -0.2) is 13.2 Å². The van der Waals surface area contributed by atoms with Gasteiger partial charge >= 0.3 is 0 Å². The van der Waals surface area contributed by atoms with E-state index in [2.05, 4.69) is 29.3 Å². The van der Waals surface area contributed by atoms with E-state index in [0.29, 0.717) is 0 Å². The second kappa shape index (κ2) is 10.5. The molecule has 0 saturated carbocycles. The zero-order valence-corrected chi connectivity index (χ0v) is 14.9. The van der Waals surface area contributed by atoms with Crippen LogP contribution in [0, 0.1) is 17.5 Å². The predicted octanol–water partition coefficient (Wildman–Crippen LogP) is 6.07. The summed E-state index contributed by atoms with van der Waals surface area (Å²) < 4.78 is 39.0. The van der Waals surface area contributed by atoms with Crippen molar-refractivity contribution in [3.05, 3.63) is 70.5 Å². The summed E-state index contributed by atoms with van der Waals surface area (Å²) in [7, 11) is 0. The monoisotopic (exact) mass is 360 g/mol. The molecular weight excluding hydrogens is 337 g/mol. The van der Waals surface area contributed by atoms with E-state index in [0.717, 1.165) is 24.1 Å². The largest absolute Gasteiger partial charge is 0.204 e. The average Bonchev–Trinajstić information content (AvgIpc) is 2.64. The molecule has 0 atom stereocenters. The van der Waals surface area contributed by atoms with Crippen molar-refractivity contribution in [3.63, 3.8) is 0 Å². The van der Waals surface area contributed by atoms with Crippen LogP contribution in [0.4, 0.5) is 13.2 Å². The van der Waals surface area contributed by atoms with Crippen molar-refractivity contribution in [2.75, 3.05) is 0 Å². The number of rotatable bonds is 9. The molecule has 2 aromatic carbocycles. The van der Waals surface area contributed by atoms with Crippen molar-refractivity contribution in [2.45, 2.75) is 45.4 Å². The number of hydrogen-bond acceptors (Lipinski definition) is 2. The molecule has 2 aromatic rings. The minimum absolute atomic E-state index is 0.108. The Balaban J connectivity index is 1.84. The summed E-state index contributed by atoms with van der Waals surface area (Å²) in [4.78, 5) is 0. The SMILES string of the molecule is CCCCCCCc1ccc(C=NN=Cc2cc(F)c(F)c(F)c2)cc1. The van der Waals surface area contributed by atoms with Crippen molar-refractivity contribution in [1.29, 1.82) is 0 Å². The van der Waals surface area contributed by atoms with Crippen molar-refractivity contribution < 1.29 is 13.2 Å². The first kappa shape index (κ1) is 19.9. The lowest BCUT2D eigenvalue weighted by molar-refractivity contribution is 0.447. The summed E-state index contributed by atoms with van der Waals surface area (Å²) in [6, 6.07) is 9.78. The molecular formula is C21H23F3N2. The summed E-state index contributed by atoms with van der Waals surface area (Å²) in [5.41, 5.74) is 2.28. The van der Waals surface area contributed by atoms with Gasteiger partial charge in [-0.2, -0.15) is 10.2 Å². The molecule has 0 aliphatic heterocycles. The van der Waals surface area contributed by atoms with Crippen LogP contribution in [0.15, 0.2) is 46.6 Å². The molecule has 2 nitrogen and oxygen atoms in total. The highest BCUT2D eigenvalue weighted by Gasteiger charge is 2.09. The predicted molar refractivity (Wildman–Crippen MR) is 100 cm³/mol.